The van der Waals surface area contributed by atoms with E-state index in [-0.39, 0.29) is 5.78 Å². The molecule has 0 saturated carbocycles. The molecule has 0 unspecified atom stereocenters. The summed E-state index contributed by atoms with van der Waals surface area (Å²) >= 11 is 0. The van der Waals surface area contributed by atoms with Gasteiger partial charge in [-0.3, -0.25) is 4.79 Å². The molecule has 0 aliphatic heterocycles. The molecule has 0 radical (unpaired) electrons. The zero-order chi connectivity index (χ0) is 13.1. The largest absolute Gasteiger partial charge is 0.294 e. The summed E-state index contributed by atoms with van der Waals surface area (Å²) in [5, 5.41) is 0. The van der Waals surface area contributed by atoms with Crippen molar-refractivity contribution in [3.63, 3.8) is 0 Å². The molecule has 0 amide bonds. The minimum absolute atomic E-state index is 0.00889. The highest BCUT2D eigenvalue weighted by molar-refractivity contribution is 5.94. The van der Waals surface area contributed by atoms with Gasteiger partial charge in [0.1, 0.15) is 5.82 Å². The van der Waals surface area contributed by atoms with E-state index in [1.165, 1.54) is 18.1 Å². The van der Waals surface area contributed by atoms with Gasteiger partial charge in [-0.25, -0.2) is 9.97 Å². The van der Waals surface area contributed by atoms with Crippen molar-refractivity contribution >= 4 is 5.78 Å². The summed E-state index contributed by atoms with van der Waals surface area (Å²) in [6, 6.07) is 8.28. The topological polar surface area (TPSA) is 42.9 Å². The fraction of sp³-hybridized carbons (Fsp3) is 0.267. The number of benzene rings is 1. The van der Waals surface area contributed by atoms with Crippen LogP contribution >= 0.6 is 0 Å². The van der Waals surface area contributed by atoms with E-state index in [2.05, 4.69) is 35.1 Å². The first-order valence-corrected chi connectivity index (χ1v) is 5.95. The van der Waals surface area contributed by atoms with E-state index >= 15 is 0 Å². The average molecular weight is 240 g/mol. The van der Waals surface area contributed by atoms with Crippen molar-refractivity contribution in [3.05, 3.63) is 58.7 Å². The first kappa shape index (κ1) is 12.4. The van der Waals surface area contributed by atoms with Crippen molar-refractivity contribution in [3.8, 4) is 0 Å². The van der Waals surface area contributed by atoms with Crippen LogP contribution in [0.3, 0.4) is 0 Å². The molecule has 3 nitrogen and oxygen atoms in total. The van der Waals surface area contributed by atoms with E-state index in [0.717, 1.165) is 11.5 Å². The molecule has 3 heteroatoms. The molecule has 1 aromatic carbocycles. The molecule has 0 saturated heterocycles. The third kappa shape index (κ3) is 2.80. The molecule has 0 spiro atoms. The van der Waals surface area contributed by atoms with Crippen LogP contribution in [0.4, 0.5) is 0 Å². The lowest BCUT2D eigenvalue weighted by atomic mass is 10.1. The van der Waals surface area contributed by atoms with Crippen LogP contribution in [-0.4, -0.2) is 15.8 Å². The molecule has 2 rings (SSSR count). The van der Waals surface area contributed by atoms with Gasteiger partial charge in [0, 0.05) is 12.6 Å². The van der Waals surface area contributed by atoms with Crippen LogP contribution in [0, 0.1) is 13.8 Å². The Balaban J connectivity index is 2.25. The number of Topliss-reactive ketones (excluding diaryl/α,β-unsaturated/α-hetero) is 1. The van der Waals surface area contributed by atoms with Gasteiger partial charge >= 0.3 is 0 Å². The van der Waals surface area contributed by atoms with E-state index in [0.29, 0.717) is 12.0 Å². The predicted molar refractivity (Wildman–Crippen MR) is 70.8 cm³/mol. The fourth-order valence-electron chi connectivity index (χ4n) is 1.95. The third-order valence-corrected chi connectivity index (χ3v) is 2.85. The van der Waals surface area contributed by atoms with Gasteiger partial charge in [-0.2, -0.15) is 0 Å². The Bertz CT molecular complexity index is 591. The normalized spacial score (nSPS) is 10.4. The molecule has 2 aromatic rings. The van der Waals surface area contributed by atoms with Crippen LogP contribution in [-0.2, 0) is 6.42 Å². The molecular formula is C15H16N2O. The van der Waals surface area contributed by atoms with Crippen LogP contribution in [0.1, 0.15) is 39.9 Å². The Kier molecular flexibility index (Phi) is 3.51. The Morgan fingerprint density at radius 2 is 2.06 bits per heavy atom. The third-order valence-electron chi connectivity index (χ3n) is 2.85. The second kappa shape index (κ2) is 5.08. The molecule has 0 aliphatic rings. The summed E-state index contributed by atoms with van der Waals surface area (Å²) in [7, 11) is 0. The van der Waals surface area contributed by atoms with Crippen molar-refractivity contribution < 1.29 is 4.79 Å². The number of hydrogen-bond acceptors (Lipinski definition) is 3. The lowest BCUT2D eigenvalue weighted by molar-refractivity contribution is 0.101. The van der Waals surface area contributed by atoms with Crippen LogP contribution in [0.2, 0.25) is 0 Å². The number of rotatable bonds is 3. The molecule has 0 aliphatic carbocycles. The Hall–Kier alpha value is -2.03. The van der Waals surface area contributed by atoms with Crippen molar-refractivity contribution in [2.75, 3.05) is 0 Å². The lowest BCUT2D eigenvalue weighted by Crippen LogP contribution is -2.05. The Morgan fingerprint density at radius 3 is 2.67 bits per heavy atom. The molecule has 0 bridgehead atoms. The van der Waals surface area contributed by atoms with Crippen LogP contribution in [0.5, 0.6) is 0 Å². The minimum Gasteiger partial charge on any atom is -0.294 e. The van der Waals surface area contributed by atoms with E-state index < -0.39 is 0 Å². The zero-order valence-corrected chi connectivity index (χ0v) is 10.9. The maximum atomic E-state index is 11.3. The standard InChI is InChI=1S/C15H16N2O/c1-10-5-4-6-13(7-10)8-15-16-9-14(12(3)18)11(2)17-15/h4-7,9H,8H2,1-3H3. The summed E-state index contributed by atoms with van der Waals surface area (Å²) in [6.45, 7) is 5.44. The van der Waals surface area contributed by atoms with Gasteiger partial charge in [0.2, 0.25) is 0 Å². The molecular weight excluding hydrogens is 224 g/mol. The number of carbonyl (C=O) groups excluding carboxylic acids is 1. The number of nitrogens with zero attached hydrogens (tertiary/aromatic N) is 2. The van der Waals surface area contributed by atoms with Crippen molar-refractivity contribution in [2.24, 2.45) is 0 Å². The summed E-state index contributed by atoms with van der Waals surface area (Å²) in [5.41, 5.74) is 3.76. The Labute approximate surface area is 107 Å². The molecule has 18 heavy (non-hydrogen) atoms. The SMILES string of the molecule is CC(=O)c1cnc(Cc2cccc(C)c2)nc1C. The van der Waals surface area contributed by atoms with Crippen molar-refractivity contribution in [1.82, 2.24) is 9.97 Å². The van der Waals surface area contributed by atoms with Gasteiger partial charge < -0.3 is 0 Å². The fourth-order valence-corrected chi connectivity index (χ4v) is 1.95. The second-order valence-electron chi connectivity index (χ2n) is 4.51. The molecule has 0 fully saturated rings. The molecule has 0 atom stereocenters. The van der Waals surface area contributed by atoms with E-state index in [4.69, 9.17) is 0 Å². The van der Waals surface area contributed by atoms with Gasteiger partial charge in [0.05, 0.1) is 11.3 Å². The molecule has 1 heterocycles. The van der Waals surface area contributed by atoms with Crippen LogP contribution in [0.15, 0.2) is 30.5 Å². The van der Waals surface area contributed by atoms with E-state index in [1.807, 2.05) is 13.0 Å². The highest BCUT2D eigenvalue weighted by Gasteiger charge is 2.07. The van der Waals surface area contributed by atoms with E-state index in [1.54, 1.807) is 6.20 Å². The van der Waals surface area contributed by atoms with Gasteiger partial charge in [-0.15, -0.1) is 0 Å². The van der Waals surface area contributed by atoms with Gasteiger partial charge in [0.25, 0.3) is 0 Å². The predicted octanol–water partition coefficient (Wildman–Crippen LogP) is 2.89. The second-order valence-corrected chi connectivity index (χ2v) is 4.51. The van der Waals surface area contributed by atoms with Gasteiger partial charge in [0.15, 0.2) is 5.78 Å². The number of aryl methyl sites for hydroxylation is 2. The zero-order valence-electron chi connectivity index (χ0n) is 10.9. The number of aromatic nitrogens is 2. The van der Waals surface area contributed by atoms with Gasteiger partial charge in [-0.05, 0) is 26.3 Å². The average Bonchev–Trinajstić information content (AvgIpc) is 2.28. The number of carbonyl (C=O) groups is 1. The highest BCUT2D eigenvalue weighted by Crippen LogP contribution is 2.10. The first-order valence-electron chi connectivity index (χ1n) is 5.95. The molecule has 92 valence electrons. The molecule has 0 N–H and O–H groups in total. The van der Waals surface area contributed by atoms with E-state index in [9.17, 15) is 4.79 Å². The summed E-state index contributed by atoms with van der Waals surface area (Å²) in [6.07, 6.45) is 2.32. The smallest absolute Gasteiger partial charge is 0.163 e. The summed E-state index contributed by atoms with van der Waals surface area (Å²) < 4.78 is 0. The highest BCUT2D eigenvalue weighted by atomic mass is 16.1. The quantitative estimate of drug-likeness (QED) is 0.775. The van der Waals surface area contributed by atoms with Gasteiger partial charge in [-0.1, -0.05) is 29.8 Å². The van der Waals surface area contributed by atoms with Crippen molar-refractivity contribution in [1.29, 1.82) is 0 Å². The summed E-state index contributed by atoms with van der Waals surface area (Å²) in [5.74, 6) is 0.762. The summed E-state index contributed by atoms with van der Waals surface area (Å²) in [4.78, 5) is 19.9. The number of hydrogen-bond donors (Lipinski definition) is 0. The minimum atomic E-state index is 0.00889. The van der Waals surface area contributed by atoms with Crippen molar-refractivity contribution in [2.45, 2.75) is 27.2 Å². The lowest BCUT2D eigenvalue weighted by Gasteiger charge is -2.05. The molecule has 1 aromatic heterocycles. The Morgan fingerprint density at radius 1 is 1.28 bits per heavy atom. The maximum absolute atomic E-state index is 11.3. The number of ketones is 1. The van der Waals surface area contributed by atoms with Crippen LogP contribution < -0.4 is 0 Å². The first-order chi connectivity index (χ1) is 8.56. The monoisotopic (exact) mass is 240 g/mol. The van der Waals surface area contributed by atoms with Crippen LogP contribution in [0.25, 0.3) is 0 Å². The maximum Gasteiger partial charge on any atom is 0.163 e.